The predicted molar refractivity (Wildman–Crippen MR) is 80.4 cm³/mol. The van der Waals surface area contributed by atoms with Crippen LogP contribution < -0.4 is 0 Å². The van der Waals surface area contributed by atoms with Crippen molar-refractivity contribution in [3.63, 3.8) is 0 Å². The highest BCUT2D eigenvalue weighted by molar-refractivity contribution is 5.88. The van der Waals surface area contributed by atoms with E-state index in [1.807, 2.05) is 12.1 Å². The van der Waals surface area contributed by atoms with Gasteiger partial charge in [-0.25, -0.2) is 4.79 Å². The molecule has 1 N–H and O–H groups in total. The van der Waals surface area contributed by atoms with Crippen molar-refractivity contribution in [1.82, 2.24) is 0 Å². The molecule has 0 bridgehead atoms. The Kier molecular flexibility index (Phi) is 7.64. The van der Waals surface area contributed by atoms with Crippen LogP contribution >= 0.6 is 0 Å². The maximum Gasteiger partial charge on any atom is 0.335 e. The van der Waals surface area contributed by atoms with Crippen LogP contribution in [0.1, 0.15) is 67.8 Å². The SMILES string of the molecule is CCCCCCCCC=Cc1cccc(C(=O)O)c1. The van der Waals surface area contributed by atoms with Gasteiger partial charge in [-0.3, -0.25) is 0 Å². The molecule has 19 heavy (non-hydrogen) atoms. The summed E-state index contributed by atoms with van der Waals surface area (Å²) in [5.41, 5.74) is 1.31. The molecule has 0 amide bonds. The second kappa shape index (κ2) is 9.37. The first-order chi connectivity index (χ1) is 9.24. The molecule has 0 fully saturated rings. The molecular weight excluding hydrogens is 236 g/mol. The summed E-state index contributed by atoms with van der Waals surface area (Å²) < 4.78 is 0. The Morgan fingerprint density at radius 3 is 2.63 bits per heavy atom. The van der Waals surface area contributed by atoms with Crippen LogP contribution in [0.5, 0.6) is 0 Å². The van der Waals surface area contributed by atoms with Gasteiger partial charge in [0.2, 0.25) is 0 Å². The molecule has 2 heteroatoms. The number of aromatic carboxylic acids is 1. The lowest BCUT2D eigenvalue weighted by molar-refractivity contribution is 0.0697. The summed E-state index contributed by atoms with van der Waals surface area (Å²) in [4.78, 5) is 10.8. The summed E-state index contributed by atoms with van der Waals surface area (Å²) in [5, 5.41) is 8.90. The van der Waals surface area contributed by atoms with Crippen molar-refractivity contribution in [1.29, 1.82) is 0 Å². The topological polar surface area (TPSA) is 37.3 Å². The smallest absolute Gasteiger partial charge is 0.335 e. The highest BCUT2D eigenvalue weighted by Gasteiger charge is 2.00. The molecule has 0 radical (unpaired) electrons. The van der Waals surface area contributed by atoms with Gasteiger partial charge in [0.15, 0.2) is 0 Å². The highest BCUT2D eigenvalue weighted by Crippen LogP contribution is 2.10. The third-order valence-corrected chi connectivity index (χ3v) is 3.17. The second-order valence-corrected chi connectivity index (χ2v) is 4.89. The zero-order chi connectivity index (χ0) is 13.9. The molecule has 0 atom stereocenters. The molecule has 104 valence electrons. The molecule has 0 saturated carbocycles. The second-order valence-electron chi connectivity index (χ2n) is 4.89. The number of carbonyl (C=O) groups is 1. The highest BCUT2D eigenvalue weighted by atomic mass is 16.4. The zero-order valence-electron chi connectivity index (χ0n) is 11.8. The van der Waals surface area contributed by atoms with Gasteiger partial charge in [-0.1, -0.05) is 63.3 Å². The third-order valence-electron chi connectivity index (χ3n) is 3.17. The Balaban J connectivity index is 2.25. The lowest BCUT2D eigenvalue weighted by Gasteiger charge is -1.98. The summed E-state index contributed by atoms with van der Waals surface area (Å²) in [5.74, 6) is -0.869. The molecule has 1 rings (SSSR count). The molecule has 0 aliphatic heterocycles. The number of rotatable bonds is 9. The van der Waals surface area contributed by atoms with Crippen molar-refractivity contribution in [3.05, 3.63) is 41.5 Å². The van der Waals surface area contributed by atoms with E-state index in [1.165, 1.54) is 38.5 Å². The first kappa shape index (κ1) is 15.5. The van der Waals surface area contributed by atoms with E-state index in [0.717, 1.165) is 12.0 Å². The molecular formula is C17H24O2. The molecule has 0 spiro atoms. The van der Waals surface area contributed by atoms with E-state index in [4.69, 9.17) is 5.11 Å². The van der Waals surface area contributed by atoms with Gasteiger partial charge >= 0.3 is 5.97 Å². The fraction of sp³-hybridized carbons (Fsp3) is 0.471. The number of benzene rings is 1. The fourth-order valence-electron chi connectivity index (χ4n) is 2.04. The largest absolute Gasteiger partial charge is 0.478 e. The lowest BCUT2D eigenvalue weighted by atomic mass is 10.1. The van der Waals surface area contributed by atoms with E-state index in [2.05, 4.69) is 13.0 Å². The van der Waals surface area contributed by atoms with Crippen molar-refractivity contribution < 1.29 is 9.90 Å². The number of unbranched alkanes of at least 4 members (excludes halogenated alkanes) is 6. The average molecular weight is 260 g/mol. The summed E-state index contributed by atoms with van der Waals surface area (Å²) in [6, 6.07) is 7.05. The van der Waals surface area contributed by atoms with E-state index < -0.39 is 5.97 Å². The van der Waals surface area contributed by atoms with Gasteiger partial charge < -0.3 is 5.11 Å². The van der Waals surface area contributed by atoms with E-state index in [0.29, 0.717) is 5.56 Å². The van der Waals surface area contributed by atoms with Crippen LogP contribution in [-0.4, -0.2) is 11.1 Å². The molecule has 0 unspecified atom stereocenters. The first-order valence-corrected chi connectivity index (χ1v) is 7.24. The summed E-state index contributed by atoms with van der Waals surface area (Å²) in [7, 11) is 0. The average Bonchev–Trinajstić information content (AvgIpc) is 2.42. The minimum absolute atomic E-state index is 0.349. The van der Waals surface area contributed by atoms with Crippen molar-refractivity contribution >= 4 is 12.0 Å². The number of hydrogen-bond acceptors (Lipinski definition) is 1. The molecule has 0 aliphatic carbocycles. The first-order valence-electron chi connectivity index (χ1n) is 7.24. The van der Waals surface area contributed by atoms with Crippen LogP contribution in [-0.2, 0) is 0 Å². The van der Waals surface area contributed by atoms with Gasteiger partial charge in [0, 0.05) is 0 Å². The molecule has 0 aliphatic rings. The number of allylic oxidation sites excluding steroid dienone is 1. The van der Waals surface area contributed by atoms with Crippen molar-refractivity contribution in [2.75, 3.05) is 0 Å². The van der Waals surface area contributed by atoms with E-state index in [-0.39, 0.29) is 0 Å². The van der Waals surface area contributed by atoms with Crippen molar-refractivity contribution in [2.24, 2.45) is 0 Å². The monoisotopic (exact) mass is 260 g/mol. The molecule has 0 saturated heterocycles. The van der Waals surface area contributed by atoms with Crippen molar-refractivity contribution in [3.8, 4) is 0 Å². The van der Waals surface area contributed by atoms with Crippen LogP contribution in [0.3, 0.4) is 0 Å². The number of hydrogen-bond donors (Lipinski definition) is 1. The molecule has 1 aromatic carbocycles. The van der Waals surface area contributed by atoms with Crippen LogP contribution in [0.25, 0.3) is 6.08 Å². The summed E-state index contributed by atoms with van der Waals surface area (Å²) in [6.45, 7) is 2.23. The zero-order valence-corrected chi connectivity index (χ0v) is 11.8. The van der Waals surface area contributed by atoms with E-state index in [1.54, 1.807) is 18.2 Å². The Morgan fingerprint density at radius 2 is 1.89 bits per heavy atom. The standard InChI is InChI=1S/C17H24O2/c1-2-3-4-5-6-7-8-9-11-15-12-10-13-16(14-15)17(18)19/h9-14H,2-8H2,1H3,(H,18,19). The maximum absolute atomic E-state index is 10.8. The third kappa shape index (κ3) is 6.80. The molecule has 2 nitrogen and oxygen atoms in total. The minimum Gasteiger partial charge on any atom is -0.478 e. The Bertz CT molecular complexity index is 407. The number of carboxylic acids is 1. The normalized spacial score (nSPS) is 11.0. The molecule has 0 aromatic heterocycles. The van der Waals surface area contributed by atoms with Gasteiger partial charge in [-0.2, -0.15) is 0 Å². The maximum atomic E-state index is 10.8. The van der Waals surface area contributed by atoms with Gasteiger partial charge in [0.25, 0.3) is 0 Å². The lowest BCUT2D eigenvalue weighted by Crippen LogP contribution is -1.95. The Labute approximate surface area is 116 Å². The molecule has 1 aromatic rings. The van der Waals surface area contributed by atoms with Crippen LogP contribution in [0, 0.1) is 0 Å². The fourth-order valence-corrected chi connectivity index (χ4v) is 2.04. The summed E-state index contributed by atoms with van der Waals surface area (Å²) in [6.07, 6.45) is 13.1. The van der Waals surface area contributed by atoms with Gasteiger partial charge in [-0.05, 0) is 30.5 Å². The van der Waals surface area contributed by atoms with Crippen molar-refractivity contribution in [2.45, 2.75) is 51.9 Å². The van der Waals surface area contributed by atoms with Crippen LogP contribution in [0.2, 0.25) is 0 Å². The van der Waals surface area contributed by atoms with Crippen LogP contribution in [0.4, 0.5) is 0 Å². The van der Waals surface area contributed by atoms with E-state index >= 15 is 0 Å². The van der Waals surface area contributed by atoms with Gasteiger partial charge in [0.1, 0.15) is 0 Å². The minimum atomic E-state index is -0.869. The van der Waals surface area contributed by atoms with Gasteiger partial charge in [-0.15, -0.1) is 0 Å². The van der Waals surface area contributed by atoms with Crippen LogP contribution in [0.15, 0.2) is 30.3 Å². The van der Waals surface area contributed by atoms with E-state index in [9.17, 15) is 4.79 Å². The Hall–Kier alpha value is -1.57. The quantitative estimate of drug-likeness (QED) is 0.623. The number of carboxylic acid groups (broad SMARTS) is 1. The Morgan fingerprint density at radius 1 is 1.16 bits per heavy atom. The van der Waals surface area contributed by atoms with Gasteiger partial charge in [0.05, 0.1) is 5.56 Å². The predicted octanol–water partition coefficient (Wildman–Crippen LogP) is 5.15. The molecule has 0 heterocycles. The summed E-state index contributed by atoms with van der Waals surface area (Å²) >= 11 is 0.